The summed E-state index contributed by atoms with van der Waals surface area (Å²) < 4.78 is 10.7. The Bertz CT molecular complexity index is 1260. The van der Waals surface area contributed by atoms with Crippen molar-refractivity contribution in [1.82, 2.24) is 0 Å². The molecule has 0 aliphatic rings. The average Bonchev–Trinajstić information content (AvgIpc) is 3.04. The first kappa shape index (κ1) is 32.8. The second-order valence-corrected chi connectivity index (χ2v) is 10.9. The summed E-state index contributed by atoms with van der Waals surface area (Å²) in [5.74, 6) is -0.888. The highest BCUT2D eigenvalue weighted by Crippen LogP contribution is 2.24. The number of rotatable bonds is 16. The van der Waals surface area contributed by atoms with E-state index in [9.17, 15) is 9.59 Å². The van der Waals surface area contributed by atoms with Gasteiger partial charge in [0, 0.05) is 0 Å². The largest absolute Gasteiger partial charge is 0.462 e. The maximum atomic E-state index is 12.4. The van der Waals surface area contributed by atoms with Crippen LogP contribution in [0.25, 0.3) is 21.5 Å². The molecular weight excluding hydrogens is 520 g/mol. The lowest BCUT2D eigenvalue weighted by Gasteiger charge is -2.10. The molecule has 0 aromatic heterocycles. The van der Waals surface area contributed by atoms with Gasteiger partial charge in [-0.15, -0.1) is 0 Å². The second kappa shape index (κ2) is 19.5. The molecule has 4 heteroatoms. The first-order chi connectivity index (χ1) is 20.7. The van der Waals surface area contributed by atoms with Crippen LogP contribution in [-0.2, 0) is 9.47 Å². The third-order valence-corrected chi connectivity index (χ3v) is 7.48. The van der Waals surface area contributed by atoms with E-state index in [1.54, 1.807) is 24.3 Å². The molecule has 4 aromatic rings. The first-order valence-electron chi connectivity index (χ1n) is 16.0. The normalized spacial score (nSPS) is 10.7. The topological polar surface area (TPSA) is 52.6 Å². The Morgan fingerprint density at radius 2 is 0.810 bits per heavy atom. The summed E-state index contributed by atoms with van der Waals surface area (Å²) in [6, 6.07) is 28.1. The Balaban J connectivity index is 0.000000283. The molecule has 4 nitrogen and oxygen atoms in total. The van der Waals surface area contributed by atoms with Crippen LogP contribution in [0.15, 0.2) is 84.9 Å². The van der Waals surface area contributed by atoms with Crippen molar-refractivity contribution in [3.63, 3.8) is 0 Å². The summed E-state index contributed by atoms with van der Waals surface area (Å²) in [6.45, 7) is 5.17. The predicted octanol–water partition coefficient (Wildman–Crippen LogP) is 10.7. The molecule has 0 aliphatic heterocycles. The van der Waals surface area contributed by atoms with Gasteiger partial charge in [-0.2, -0.15) is 0 Å². The average molecular weight is 569 g/mol. The second-order valence-electron chi connectivity index (χ2n) is 10.9. The van der Waals surface area contributed by atoms with Gasteiger partial charge in [-0.3, -0.25) is 0 Å². The number of unbranched alkanes of at least 4 members (excludes halogenated alkanes) is 10. The van der Waals surface area contributed by atoms with Crippen molar-refractivity contribution in [2.45, 2.75) is 90.9 Å². The van der Waals surface area contributed by atoms with Crippen molar-refractivity contribution < 1.29 is 19.1 Å². The minimum absolute atomic E-state index is 0.293. The van der Waals surface area contributed by atoms with Crippen molar-refractivity contribution in [1.29, 1.82) is 0 Å². The molecule has 0 heterocycles. The number of carbonyl (C=O) groups is 2. The van der Waals surface area contributed by atoms with Crippen LogP contribution in [0.1, 0.15) is 112 Å². The van der Waals surface area contributed by atoms with Gasteiger partial charge < -0.3 is 9.47 Å². The van der Waals surface area contributed by atoms with Gasteiger partial charge in [-0.05, 0) is 46.5 Å². The molecule has 0 N–H and O–H groups in total. The third-order valence-electron chi connectivity index (χ3n) is 7.48. The number of hydrogen-bond acceptors (Lipinski definition) is 4. The molecular formula is C38H48O4. The van der Waals surface area contributed by atoms with Gasteiger partial charge in [0.15, 0.2) is 0 Å². The van der Waals surface area contributed by atoms with Gasteiger partial charge in [0.05, 0.1) is 24.3 Å². The maximum Gasteiger partial charge on any atom is 0.339 e. The van der Waals surface area contributed by atoms with Gasteiger partial charge in [-0.1, -0.05) is 151 Å². The molecule has 0 unspecified atom stereocenters. The molecule has 0 saturated heterocycles. The standard InChI is InChI=1S/C24H38O4.C14H10/c1-3-5-7-9-11-15-19-27-23(25)21-17-13-14-18-22(21)24(26)28-20-16-12-10-8-6-4-2;1-3-7-13-11(5-1)9-10-12-6-2-4-8-14(12)13/h13-14,17-18H,3-12,15-16,19-20H2,1-2H3;1-10H. The number of hydrogen-bond donors (Lipinski definition) is 0. The van der Waals surface area contributed by atoms with Crippen molar-refractivity contribution in [3.05, 3.63) is 96.1 Å². The number of fused-ring (bicyclic) bond motifs is 3. The van der Waals surface area contributed by atoms with Crippen LogP contribution in [0, 0.1) is 0 Å². The van der Waals surface area contributed by atoms with Crippen LogP contribution in [0.2, 0.25) is 0 Å². The van der Waals surface area contributed by atoms with Crippen molar-refractivity contribution in [2.75, 3.05) is 13.2 Å². The van der Waals surface area contributed by atoms with Crippen molar-refractivity contribution >= 4 is 33.5 Å². The van der Waals surface area contributed by atoms with Gasteiger partial charge >= 0.3 is 11.9 Å². The van der Waals surface area contributed by atoms with Gasteiger partial charge in [0.2, 0.25) is 0 Å². The third kappa shape index (κ3) is 11.0. The van der Waals surface area contributed by atoms with E-state index in [1.807, 2.05) is 0 Å². The molecule has 42 heavy (non-hydrogen) atoms. The summed E-state index contributed by atoms with van der Waals surface area (Å²) in [5.41, 5.74) is 0.586. The van der Waals surface area contributed by atoms with E-state index in [1.165, 1.54) is 72.9 Å². The highest BCUT2D eigenvalue weighted by Gasteiger charge is 2.18. The lowest BCUT2D eigenvalue weighted by atomic mass is 10.0. The quantitative estimate of drug-likeness (QED) is 0.0766. The molecule has 4 rings (SSSR count). The van der Waals surface area contributed by atoms with Gasteiger partial charge in [0.1, 0.15) is 0 Å². The zero-order valence-corrected chi connectivity index (χ0v) is 25.6. The van der Waals surface area contributed by atoms with E-state index < -0.39 is 11.9 Å². The number of esters is 2. The van der Waals surface area contributed by atoms with Crippen LogP contribution < -0.4 is 0 Å². The summed E-state index contributed by atoms with van der Waals surface area (Å²) in [6.07, 6.45) is 13.6. The van der Waals surface area contributed by atoms with E-state index in [-0.39, 0.29) is 0 Å². The van der Waals surface area contributed by atoms with Crippen LogP contribution in [-0.4, -0.2) is 25.2 Å². The smallest absolute Gasteiger partial charge is 0.339 e. The molecule has 0 atom stereocenters. The van der Waals surface area contributed by atoms with Gasteiger partial charge in [0.25, 0.3) is 0 Å². The first-order valence-corrected chi connectivity index (χ1v) is 16.0. The van der Waals surface area contributed by atoms with Crippen LogP contribution in [0.4, 0.5) is 0 Å². The molecule has 0 spiro atoms. The van der Waals surface area contributed by atoms with Crippen molar-refractivity contribution in [3.8, 4) is 0 Å². The number of benzene rings is 4. The molecule has 0 bridgehead atoms. The molecule has 0 amide bonds. The Morgan fingerprint density at radius 1 is 0.452 bits per heavy atom. The molecule has 0 fully saturated rings. The predicted molar refractivity (Wildman–Crippen MR) is 175 cm³/mol. The Morgan fingerprint density at radius 3 is 1.24 bits per heavy atom. The molecule has 224 valence electrons. The molecule has 0 radical (unpaired) electrons. The number of carbonyl (C=O) groups excluding carboxylic acids is 2. The van der Waals surface area contributed by atoms with E-state index in [2.05, 4.69) is 74.5 Å². The highest BCUT2D eigenvalue weighted by molar-refractivity contribution is 6.07. The fourth-order valence-corrected chi connectivity index (χ4v) is 5.04. The minimum Gasteiger partial charge on any atom is -0.462 e. The van der Waals surface area contributed by atoms with E-state index in [0.717, 1.165) is 25.7 Å². The molecule has 4 aromatic carbocycles. The Hall–Kier alpha value is -3.66. The lowest BCUT2D eigenvalue weighted by molar-refractivity contribution is 0.0450. The van der Waals surface area contributed by atoms with E-state index in [0.29, 0.717) is 24.3 Å². The summed E-state index contributed by atoms with van der Waals surface area (Å²) >= 11 is 0. The Kier molecular flexibility index (Phi) is 15.2. The van der Waals surface area contributed by atoms with E-state index in [4.69, 9.17) is 9.47 Å². The fraction of sp³-hybridized carbons (Fsp3) is 0.421. The maximum absolute atomic E-state index is 12.4. The van der Waals surface area contributed by atoms with E-state index >= 15 is 0 Å². The molecule has 0 saturated carbocycles. The van der Waals surface area contributed by atoms with Crippen LogP contribution in [0.5, 0.6) is 0 Å². The summed E-state index contributed by atoms with van der Waals surface area (Å²) in [4.78, 5) is 24.7. The zero-order chi connectivity index (χ0) is 29.8. The molecule has 0 aliphatic carbocycles. The fourth-order valence-electron chi connectivity index (χ4n) is 5.04. The summed E-state index contributed by atoms with van der Waals surface area (Å²) in [7, 11) is 0. The zero-order valence-electron chi connectivity index (χ0n) is 25.6. The van der Waals surface area contributed by atoms with Crippen molar-refractivity contribution in [2.24, 2.45) is 0 Å². The highest BCUT2D eigenvalue weighted by atomic mass is 16.5. The van der Waals surface area contributed by atoms with Gasteiger partial charge in [-0.25, -0.2) is 9.59 Å². The SMILES string of the molecule is CCCCCCCCOC(=O)c1ccccc1C(=O)OCCCCCCCC.c1ccc2c(c1)ccc1ccccc12. The van der Waals surface area contributed by atoms with Crippen LogP contribution >= 0.6 is 0 Å². The summed E-state index contributed by atoms with van der Waals surface area (Å²) in [5, 5.41) is 5.30. The monoisotopic (exact) mass is 568 g/mol. The minimum atomic E-state index is -0.444. The lowest BCUT2D eigenvalue weighted by Crippen LogP contribution is -2.15. The van der Waals surface area contributed by atoms with Crippen LogP contribution in [0.3, 0.4) is 0 Å². The number of ether oxygens (including phenoxy) is 2. The Labute approximate surface area is 252 Å².